The summed E-state index contributed by atoms with van der Waals surface area (Å²) in [5, 5.41) is 9.41. The minimum absolute atomic E-state index is 0.00976. The molecule has 0 aromatic carbocycles. The van der Waals surface area contributed by atoms with Crippen LogP contribution in [0.1, 0.15) is 234 Å². The van der Waals surface area contributed by atoms with Crippen LogP contribution in [0.2, 0.25) is 0 Å². The third kappa shape index (κ3) is 33.4. The molecule has 0 saturated carbocycles. The monoisotopic (exact) mass is 738 g/mol. The summed E-state index contributed by atoms with van der Waals surface area (Å²) in [4.78, 5) is 27.6. The third-order valence-corrected chi connectivity index (χ3v) is 11.0. The lowest BCUT2D eigenvalue weighted by Crippen LogP contribution is -2.29. The van der Waals surface area contributed by atoms with E-state index in [2.05, 4.69) is 39.5 Å². The summed E-state index contributed by atoms with van der Waals surface area (Å²) in [6.45, 7) is 15.5. The molecular weight excluding hydrogens is 647 g/mol. The Kier molecular flexibility index (Phi) is 37.3. The van der Waals surface area contributed by atoms with E-state index in [1.807, 2.05) is 0 Å². The molecule has 0 radical (unpaired) electrons. The Morgan fingerprint density at radius 3 is 1.52 bits per heavy atom. The molecule has 0 aliphatic rings. The summed E-state index contributed by atoms with van der Waals surface area (Å²) in [5.74, 6) is 0.479. The number of unbranched alkanes of at least 4 members (excludes halogenated alkanes) is 21. The number of nitrogens with zero attached hydrogens (tertiary/aromatic N) is 1. The zero-order chi connectivity index (χ0) is 38.4. The average molecular weight is 738 g/mol. The van der Waals surface area contributed by atoms with Crippen molar-refractivity contribution in [2.45, 2.75) is 234 Å². The number of hydrogen-bond acceptors (Lipinski definition) is 6. The molecule has 6 heteroatoms. The van der Waals surface area contributed by atoms with Crippen LogP contribution < -0.4 is 0 Å². The molecule has 0 aromatic rings. The molecule has 310 valence electrons. The van der Waals surface area contributed by atoms with E-state index in [0.717, 1.165) is 71.0 Å². The maximum atomic E-state index is 13.1. The molecule has 0 aromatic heterocycles. The van der Waals surface area contributed by atoms with Crippen LogP contribution in [0.5, 0.6) is 0 Å². The molecule has 0 atom stereocenters. The summed E-state index contributed by atoms with van der Waals surface area (Å²) in [6, 6.07) is 0. The summed E-state index contributed by atoms with van der Waals surface area (Å²) in [5.41, 5.74) is -0.422. The number of aliphatic hydroxyl groups is 1. The van der Waals surface area contributed by atoms with Gasteiger partial charge in [0.2, 0.25) is 0 Å². The van der Waals surface area contributed by atoms with Crippen LogP contribution >= 0.6 is 0 Å². The molecule has 0 spiro atoms. The lowest BCUT2D eigenvalue weighted by molar-refractivity contribution is -0.156. The molecular formula is C46H91NO5. The van der Waals surface area contributed by atoms with Gasteiger partial charge in [-0.25, -0.2) is 0 Å². The van der Waals surface area contributed by atoms with Crippen LogP contribution in [0, 0.1) is 11.3 Å². The van der Waals surface area contributed by atoms with Gasteiger partial charge in [-0.1, -0.05) is 162 Å². The quantitative estimate of drug-likeness (QED) is 0.0497. The highest BCUT2D eigenvalue weighted by molar-refractivity contribution is 5.75. The summed E-state index contributed by atoms with van der Waals surface area (Å²) in [6.07, 6.45) is 36.4. The van der Waals surface area contributed by atoms with Gasteiger partial charge in [-0.15, -0.1) is 0 Å². The second-order valence-corrected chi connectivity index (χ2v) is 16.7. The number of esters is 2. The van der Waals surface area contributed by atoms with E-state index >= 15 is 0 Å². The fourth-order valence-electron chi connectivity index (χ4n) is 7.21. The Bertz CT molecular complexity index is 758. The smallest absolute Gasteiger partial charge is 0.311 e. The SMILES string of the molecule is CCCCCCCCCC(=O)OCCCCCCCN(CCCO)CCCCCCC(C)(C)C(=O)OCC(CCCCCCC)CCCCCCC. The molecule has 6 nitrogen and oxygen atoms in total. The number of carbonyl (C=O) groups is 2. The van der Waals surface area contributed by atoms with Gasteiger partial charge in [0, 0.05) is 19.6 Å². The molecule has 0 aliphatic carbocycles. The number of aliphatic hydroxyl groups excluding tert-OH is 1. The van der Waals surface area contributed by atoms with Crippen molar-refractivity contribution >= 4 is 11.9 Å². The van der Waals surface area contributed by atoms with Crippen LogP contribution in [-0.4, -0.2) is 61.4 Å². The highest BCUT2D eigenvalue weighted by Gasteiger charge is 2.29. The lowest BCUT2D eigenvalue weighted by atomic mass is 9.86. The van der Waals surface area contributed by atoms with Crippen LogP contribution in [0.25, 0.3) is 0 Å². The van der Waals surface area contributed by atoms with Gasteiger partial charge in [-0.2, -0.15) is 0 Å². The first kappa shape index (κ1) is 50.9. The minimum atomic E-state index is -0.422. The third-order valence-electron chi connectivity index (χ3n) is 11.0. The Morgan fingerprint density at radius 1 is 0.538 bits per heavy atom. The van der Waals surface area contributed by atoms with E-state index in [0.29, 0.717) is 25.6 Å². The van der Waals surface area contributed by atoms with Crippen molar-refractivity contribution in [3.8, 4) is 0 Å². The second-order valence-electron chi connectivity index (χ2n) is 16.7. The lowest BCUT2D eigenvalue weighted by Gasteiger charge is -2.25. The van der Waals surface area contributed by atoms with Gasteiger partial charge >= 0.3 is 11.9 Å². The molecule has 0 heterocycles. The van der Waals surface area contributed by atoms with Crippen LogP contribution in [-0.2, 0) is 19.1 Å². The van der Waals surface area contributed by atoms with Crippen molar-refractivity contribution in [1.82, 2.24) is 4.90 Å². The van der Waals surface area contributed by atoms with E-state index in [1.165, 1.54) is 141 Å². The summed E-state index contributed by atoms with van der Waals surface area (Å²) in [7, 11) is 0. The number of hydrogen-bond donors (Lipinski definition) is 1. The molecule has 0 bridgehead atoms. The first-order valence-electron chi connectivity index (χ1n) is 23.0. The molecule has 0 saturated heterocycles. The molecule has 0 fully saturated rings. The van der Waals surface area contributed by atoms with Gasteiger partial charge in [0.05, 0.1) is 18.6 Å². The van der Waals surface area contributed by atoms with Gasteiger partial charge in [0.25, 0.3) is 0 Å². The summed E-state index contributed by atoms with van der Waals surface area (Å²) >= 11 is 0. The molecule has 52 heavy (non-hydrogen) atoms. The Balaban J connectivity index is 4.17. The van der Waals surface area contributed by atoms with Crippen LogP contribution in [0.3, 0.4) is 0 Å². The standard InChI is InChI=1S/C46H91NO5/c1-6-9-12-15-16-20-27-35-44(49)51-41-31-24-17-22-29-37-47(39-32-40-48)38-30-23-21-28-36-46(4,5)45(50)52-42-43(33-25-18-13-10-7-2)34-26-19-14-11-8-3/h43,48H,6-42H2,1-5H3. The molecule has 1 N–H and O–H groups in total. The van der Waals surface area contributed by atoms with Crippen molar-refractivity contribution in [3.05, 3.63) is 0 Å². The first-order valence-corrected chi connectivity index (χ1v) is 23.0. The maximum absolute atomic E-state index is 13.1. The second kappa shape index (κ2) is 38.1. The normalized spacial score (nSPS) is 11.9. The highest BCUT2D eigenvalue weighted by Crippen LogP contribution is 2.27. The zero-order valence-corrected chi connectivity index (χ0v) is 35.8. The number of ether oxygens (including phenoxy) is 2. The zero-order valence-electron chi connectivity index (χ0n) is 35.8. The van der Waals surface area contributed by atoms with Crippen molar-refractivity contribution in [3.63, 3.8) is 0 Å². The topological polar surface area (TPSA) is 76.1 Å². The number of carbonyl (C=O) groups excluding carboxylic acids is 2. The maximum Gasteiger partial charge on any atom is 0.311 e. The molecule has 0 rings (SSSR count). The van der Waals surface area contributed by atoms with Gasteiger partial charge in [-0.05, 0) is 84.2 Å². The molecule has 0 unspecified atom stereocenters. The van der Waals surface area contributed by atoms with Crippen molar-refractivity contribution < 1.29 is 24.2 Å². The molecule has 0 aliphatic heterocycles. The largest absolute Gasteiger partial charge is 0.466 e. The minimum Gasteiger partial charge on any atom is -0.466 e. The van der Waals surface area contributed by atoms with Gasteiger partial charge < -0.3 is 19.5 Å². The summed E-state index contributed by atoms with van der Waals surface area (Å²) < 4.78 is 11.4. The van der Waals surface area contributed by atoms with Crippen LogP contribution in [0.15, 0.2) is 0 Å². The Labute approximate surface area is 324 Å². The van der Waals surface area contributed by atoms with E-state index in [-0.39, 0.29) is 18.5 Å². The highest BCUT2D eigenvalue weighted by atomic mass is 16.5. The fraction of sp³-hybridized carbons (Fsp3) is 0.957. The Hall–Kier alpha value is -1.14. The van der Waals surface area contributed by atoms with Crippen molar-refractivity contribution in [2.24, 2.45) is 11.3 Å². The average Bonchev–Trinajstić information content (AvgIpc) is 3.13. The Morgan fingerprint density at radius 2 is 0.981 bits per heavy atom. The predicted octanol–water partition coefficient (Wildman–Crippen LogP) is 13.2. The number of rotatable bonds is 41. The molecule has 0 amide bonds. The van der Waals surface area contributed by atoms with E-state index < -0.39 is 5.41 Å². The van der Waals surface area contributed by atoms with Crippen LogP contribution in [0.4, 0.5) is 0 Å². The van der Waals surface area contributed by atoms with Crippen molar-refractivity contribution in [2.75, 3.05) is 39.5 Å². The van der Waals surface area contributed by atoms with E-state index in [4.69, 9.17) is 9.47 Å². The van der Waals surface area contributed by atoms with Gasteiger partial charge in [0.1, 0.15) is 0 Å². The van der Waals surface area contributed by atoms with Gasteiger partial charge in [-0.3, -0.25) is 9.59 Å². The fourth-order valence-corrected chi connectivity index (χ4v) is 7.21. The first-order chi connectivity index (χ1) is 25.3. The van der Waals surface area contributed by atoms with E-state index in [1.54, 1.807) is 0 Å². The van der Waals surface area contributed by atoms with E-state index in [9.17, 15) is 14.7 Å². The predicted molar refractivity (Wildman–Crippen MR) is 223 cm³/mol. The van der Waals surface area contributed by atoms with Crippen molar-refractivity contribution in [1.29, 1.82) is 0 Å². The van der Waals surface area contributed by atoms with Gasteiger partial charge in [0.15, 0.2) is 0 Å².